The number of aliphatic hydroxyl groups is 1. The zero-order valence-corrected chi connectivity index (χ0v) is 21.4. The minimum Gasteiger partial charge on any atom is -0.491 e. The number of methoxy groups -OCH3 is 1. The standard InChI is InChI=1S/C25H31F3N4O4S/c1-35-20-4-5-21(30-23(20)36-14-10-25(26,27)28)29-22(34)18-3-2-17(31-37-15-13-33)16-19(18)32-11-8-24(6-7-24)9-12-32/h2-5,16,31,33H,6-15H2,1H3,(H,29,30,34). The van der Waals surface area contributed by atoms with E-state index in [1.165, 1.54) is 44.0 Å². The molecule has 0 atom stereocenters. The summed E-state index contributed by atoms with van der Waals surface area (Å²) in [6.07, 6.45) is -0.784. The number of hydrogen-bond donors (Lipinski definition) is 3. The summed E-state index contributed by atoms with van der Waals surface area (Å²) in [4.78, 5) is 19.7. The Morgan fingerprint density at radius 1 is 1.19 bits per heavy atom. The molecule has 1 aliphatic carbocycles. The van der Waals surface area contributed by atoms with Crippen molar-refractivity contribution < 1.29 is 32.5 Å². The molecule has 1 amide bonds. The van der Waals surface area contributed by atoms with Crippen molar-refractivity contribution >= 4 is 35.0 Å². The van der Waals surface area contributed by atoms with E-state index in [2.05, 4.69) is 19.9 Å². The van der Waals surface area contributed by atoms with Crippen LogP contribution in [0.2, 0.25) is 0 Å². The predicted octanol–water partition coefficient (Wildman–Crippen LogP) is 5.11. The Balaban J connectivity index is 1.51. The van der Waals surface area contributed by atoms with Crippen molar-refractivity contribution in [2.45, 2.75) is 38.3 Å². The number of nitrogens with zero attached hydrogens (tertiary/aromatic N) is 2. The van der Waals surface area contributed by atoms with Gasteiger partial charge in [0, 0.05) is 24.5 Å². The number of aliphatic hydroxyl groups excluding tert-OH is 1. The molecule has 2 heterocycles. The summed E-state index contributed by atoms with van der Waals surface area (Å²) in [5.41, 5.74) is 2.54. The fraction of sp³-hybridized carbons (Fsp3) is 0.520. The summed E-state index contributed by atoms with van der Waals surface area (Å²) >= 11 is 1.38. The van der Waals surface area contributed by atoms with Gasteiger partial charge in [0.25, 0.3) is 11.8 Å². The third-order valence-corrected chi connectivity index (χ3v) is 7.43. The Morgan fingerprint density at radius 3 is 2.59 bits per heavy atom. The lowest BCUT2D eigenvalue weighted by molar-refractivity contribution is -0.139. The van der Waals surface area contributed by atoms with Gasteiger partial charge in [0.1, 0.15) is 5.82 Å². The Bertz CT molecular complexity index is 1090. The number of ether oxygens (including phenoxy) is 2. The number of rotatable bonds is 11. The average molecular weight is 541 g/mol. The fourth-order valence-corrected chi connectivity index (χ4v) is 4.82. The zero-order chi connectivity index (χ0) is 26.5. The maximum Gasteiger partial charge on any atom is 0.392 e. The molecule has 1 saturated heterocycles. The number of pyridine rings is 1. The molecule has 1 saturated carbocycles. The minimum absolute atomic E-state index is 0.0516. The van der Waals surface area contributed by atoms with Crippen molar-refractivity contribution in [3.63, 3.8) is 0 Å². The van der Waals surface area contributed by atoms with Gasteiger partial charge in [-0.15, -0.1) is 0 Å². The topological polar surface area (TPSA) is 96.0 Å². The number of piperidine rings is 1. The van der Waals surface area contributed by atoms with E-state index in [1.54, 1.807) is 12.1 Å². The number of amides is 1. The van der Waals surface area contributed by atoms with Crippen molar-refractivity contribution in [3.05, 3.63) is 35.9 Å². The number of halogens is 3. The molecular formula is C25H31F3N4O4S. The summed E-state index contributed by atoms with van der Waals surface area (Å²) in [6.45, 7) is 1.14. The number of alkyl halides is 3. The van der Waals surface area contributed by atoms with Gasteiger partial charge in [0.15, 0.2) is 5.75 Å². The zero-order valence-electron chi connectivity index (χ0n) is 20.6. The summed E-state index contributed by atoms with van der Waals surface area (Å²) in [6, 6.07) is 8.45. The van der Waals surface area contributed by atoms with Crippen LogP contribution in [0.3, 0.4) is 0 Å². The van der Waals surface area contributed by atoms with E-state index in [9.17, 15) is 18.0 Å². The Hall–Kier alpha value is -2.86. The molecule has 1 aromatic carbocycles. The van der Waals surface area contributed by atoms with E-state index >= 15 is 0 Å². The molecule has 3 N–H and O–H groups in total. The molecule has 0 unspecified atom stereocenters. The number of anilines is 3. The van der Waals surface area contributed by atoms with Crippen molar-refractivity contribution in [2.75, 3.05) is 54.1 Å². The summed E-state index contributed by atoms with van der Waals surface area (Å²) in [5, 5.41) is 11.8. The predicted molar refractivity (Wildman–Crippen MR) is 138 cm³/mol. The van der Waals surface area contributed by atoms with Crippen LogP contribution in [-0.2, 0) is 0 Å². The lowest BCUT2D eigenvalue weighted by atomic mass is 9.93. The molecule has 202 valence electrons. The molecule has 0 bridgehead atoms. The van der Waals surface area contributed by atoms with Crippen LogP contribution < -0.4 is 24.4 Å². The monoisotopic (exact) mass is 540 g/mol. The Labute approximate surface area is 218 Å². The normalized spacial score (nSPS) is 16.4. The van der Waals surface area contributed by atoms with Crippen LogP contribution in [0.1, 0.15) is 42.5 Å². The highest BCUT2D eigenvalue weighted by Crippen LogP contribution is 2.54. The third kappa shape index (κ3) is 7.35. The molecular weight excluding hydrogens is 509 g/mol. The summed E-state index contributed by atoms with van der Waals surface area (Å²) < 4.78 is 51.1. The van der Waals surface area contributed by atoms with E-state index in [0.717, 1.165) is 37.3 Å². The van der Waals surface area contributed by atoms with Gasteiger partial charge < -0.3 is 29.5 Å². The molecule has 0 radical (unpaired) electrons. The van der Waals surface area contributed by atoms with Gasteiger partial charge in [-0.3, -0.25) is 4.79 Å². The quantitative estimate of drug-likeness (QED) is 0.268. The maximum atomic E-state index is 13.3. The number of hydrogen-bond acceptors (Lipinski definition) is 8. The molecule has 1 spiro atoms. The van der Waals surface area contributed by atoms with E-state index in [4.69, 9.17) is 14.6 Å². The highest BCUT2D eigenvalue weighted by molar-refractivity contribution is 8.00. The van der Waals surface area contributed by atoms with E-state index in [1.807, 2.05) is 6.07 Å². The Kier molecular flexibility index (Phi) is 8.58. The SMILES string of the molecule is COc1ccc(NC(=O)c2ccc(NSCCO)cc2N2CCC3(CC2)CC3)nc1OCCC(F)(F)F. The first kappa shape index (κ1) is 27.2. The molecule has 4 rings (SSSR count). The first-order valence-electron chi connectivity index (χ1n) is 12.2. The molecule has 2 aliphatic rings. The van der Waals surface area contributed by atoms with Crippen LogP contribution in [0.5, 0.6) is 11.6 Å². The fourth-order valence-electron chi connectivity index (χ4n) is 4.33. The van der Waals surface area contributed by atoms with Gasteiger partial charge >= 0.3 is 6.18 Å². The van der Waals surface area contributed by atoms with Crippen LogP contribution in [0, 0.1) is 5.41 Å². The van der Waals surface area contributed by atoms with Crippen LogP contribution >= 0.6 is 11.9 Å². The van der Waals surface area contributed by atoms with Crippen LogP contribution in [-0.4, -0.2) is 61.3 Å². The third-order valence-electron chi connectivity index (χ3n) is 6.66. The van der Waals surface area contributed by atoms with Crippen molar-refractivity contribution in [3.8, 4) is 11.6 Å². The van der Waals surface area contributed by atoms with Crippen molar-refractivity contribution in [2.24, 2.45) is 5.41 Å². The number of aromatic nitrogens is 1. The number of carbonyl (C=O) groups is 1. The maximum absolute atomic E-state index is 13.3. The van der Waals surface area contributed by atoms with Crippen molar-refractivity contribution in [1.29, 1.82) is 0 Å². The molecule has 1 aliphatic heterocycles. The molecule has 2 fully saturated rings. The van der Waals surface area contributed by atoms with Crippen LogP contribution in [0.25, 0.3) is 0 Å². The van der Waals surface area contributed by atoms with Gasteiger partial charge in [0.05, 0.1) is 38.0 Å². The van der Waals surface area contributed by atoms with Gasteiger partial charge in [-0.1, -0.05) is 11.9 Å². The molecule has 1 aromatic heterocycles. The molecule has 8 nitrogen and oxygen atoms in total. The lowest BCUT2D eigenvalue weighted by Crippen LogP contribution is -2.35. The van der Waals surface area contributed by atoms with Crippen LogP contribution in [0.4, 0.5) is 30.4 Å². The second kappa shape index (κ2) is 11.7. The highest BCUT2D eigenvalue weighted by atomic mass is 32.2. The van der Waals surface area contributed by atoms with E-state index in [0.29, 0.717) is 16.7 Å². The van der Waals surface area contributed by atoms with Gasteiger partial charge in [-0.05, 0) is 61.4 Å². The van der Waals surface area contributed by atoms with Gasteiger partial charge in [-0.2, -0.15) is 18.2 Å². The molecule has 2 aromatic rings. The summed E-state index contributed by atoms with van der Waals surface area (Å²) in [5.74, 6) is 0.306. The highest BCUT2D eigenvalue weighted by Gasteiger charge is 2.44. The minimum atomic E-state index is -4.36. The van der Waals surface area contributed by atoms with E-state index in [-0.39, 0.29) is 24.1 Å². The lowest BCUT2D eigenvalue weighted by Gasteiger charge is -2.35. The summed E-state index contributed by atoms with van der Waals surface area (Å²) in [7, 11) is 1.36. The smallest absolute Gasteiger partial charge is 0.392 e. The average Bonchev–Trinajstić information content (AvgIpc) is 3.62. The molecule has 12 heteroatoms. The Morgan fingerprint density at radius 2 is 1.95 bits per heavy atom. The number of carbonyl (C=O) groups excluding carboxylic acids is 1. The number of benzene rings is 1. The van der Waals surface area contributed by atoms with Gasteiger partial charge in [0.2, 0.25) is 0 Å². The molecule has 37 heavy (non-hydrogen) atoms. The second-order valence-corrected chi connectivity index (χ2v) is 10.2. The van der Waals surface area contributed by atoms with Gasteiger partial charge in [-0.25, -0.2) is 0 Å². The first-order valence-corrected chi connectivity index (χ1v) is 13.1. The largest absolute Gasteiger partial charge is 0.491 e. The van der Waals surface area contributed by atoms with E-state index < -0.39 is 25.1 Å². The first-order chi connectivity index (χ1) is 17.7. The number of nitrogens with one attached hydrogen (secondary N) is 2. The van der Waals surface area contributed by atoms with Crippen molar-refractivity contribution in [1.82, 2.24) is 4.98 Å². The van der Waals surface area contributed by atoms with Crippen LogP contribution in [0.15, 0.2) is 30.3 Å². The second-order valence-electron chi connectivity index (χ2n) is 9.26.